The molecule has 41 heavy (non-hydrogen) atoms. The van der Waals surface area contributed by atoms with E-state index in [9.17, 15) is 58.8 Å². The SMILES string of the molecule is CC(=O)N[C@H]1[C@@H](OP(=O)([O-])OP(=O)([O-])OC[C@H]2O[C@@H](N3CCC(=O)NC3=O)[C@H](O)[C@@H]2O)O[C@H](CO)[C@@H](O)[C@@H]1O.[Na].[Na]. The van der Waals surface area contributed by atoms with Crippen LogP contribution in [0.5, 0.6) is 0 Å². The molecule has 0 aromatic rings. The van der Waals surface area contributed by atoms with Gasteiger partial charge in [0.15, 0.2) is 12.5 Å². The molecule has 11 atom stereocenters. The summed E-state index contributed by atoms with van der Waals surface area (Å²) >= 11 is 0. The van der Waals surface area contributed by atoms with Crippen molar-refractivity contribution in [3.05, 3.63) is 0 Å². The van der Waals surface area contributed by atoms with Crippen molar-refractivity contribution in [3.63, 3.8) is 0 Å². The number of aliphatic hydroxyl groups excluding tert-OH is 5. The van der Waals surface area contributed by atoms with Crippen molar-refractivity contribution in [2.45, 2.75) is 68.5 Å². The van der Waals surface area contributed by atoms with Gasteiger partial charge in [-0.1, -0.05) is 0 Å². The Balaban J connectivity index is 0.00000420. The summed E-state index contributed by atoms with van der Waals surface area (Å²) in [6, 6.07) is -2.68. The number of carbonyl (C=O) groups excluding carboxylic acids is 3. The molecule has 3 aliphatic heterocycles. The second kappa shape index (κ2) is 16.1. The number of urea groups is 1. The van der Waals surface area contributed by atoms with Crippen LogP contribution >= 0.6 is 15.6 Å². The number of phosphoric ester groups is 2. The third-order valence-corrected chi connectivity index (χ3v) is 8.34. The molecular weight excluding hydrogens is 626 g/mol. The van der Waals surface area contributed by atoms with Gasteiger partial charge in [0.05, 0.1) is 13.2 Å². The van der Waals surface area contributed by atoms with E-state index < -0.39 is 102 Å². The van der Waals surface area contributed by atoms with E-state index in [0.29, 0.717) is 0 Å². The Morgan fingerprint density at radius 2 is 1.66 bits per heavy atom. The minimum atomic E-state index is -5.93. The summed E-state index contributed by atoms with van der Waals surface area (Å²) < 4.78 is 47.7. The first-order chi connectivity index (χ1) is 18.0. The van der Waals surface area contributed by atoms with E-state index in [1.807, 2.05) is 5.32 Å². The normalized spacial score (nSPS) is 36.7. The van der Waals surface area contributed by atoms with Gasteiger partial charge in [-0.05, 0) is 0 Å². The first kappa shape index (κ1) is 39.4. The Labute approximate surface area is 276 Å². The maximum atomic E-state index is 12.3. The monoisotopic (exact) mass is 653 g/mol. The largest absolute Gasteiger partial charge is 0.756 e. The van der Waals surface area contributed by atoms with Gasteiger partial charge in [-0.3, -0.25) is 33.5 Å². The Morgan fingerprint density at radius 3 is 2.22 bits per heavy atom. The van der Waals surface area contributed by atoms with Gasteiger partial charge >= 0.3 is 6.03 Å². The van der Waals surface area contributed by atoms with Gasteiger partial charge in [-0.25, -0.2) is 9.11 Å². The van der Waals surface area contributed by atoms with Crippen LogP contribution in [0.2, 0.25) is 0 Å². The van der Waals surface area contributed by atoms with Crippen LogP contribution in [-0.2, 0) is 41.6 Å². The Kier molecular flexibility index (Phi) is 15.5. The van der Waals surface area contributed by atoms with E-state index in [1.54, 1.807) is 0 Å². The number of hydrogen-bond donors (Lipinski definition) is 7. The number of ether oxygens (including phenoxy) is 2. The van der Waals surface area contributed by atoms with E-state index in [2.05, 4.69) is 18.7 Å². The maximum Gasteiger partial charge on any atom is 0.326 e. The number of aliphatic hydroxyl groups is 5. The molecule has 0 saturated carbocycles. The van der Waals surface area contributed by atoms with E-state index in [4.69, 9.17) is 9.47 Å². The summed E-state index contributed by atoms with van der Waals surface area (Å²) in [5.74, 6) is -1.41. The van der Waals surface area contributed by atoms with Crippen molar-refractivity contribution in [1.82, 2.24) is 15.5 Å². The Bertz CT molecular complexity index is 1040. The molecule has 0 aromatic heterocycles. The Morgan fingerprint density at radius 1 is 1.05 bits per heavy atom. The minimum absolute atomic E-state index is 0. The number of nitrogens with one attached hydrogen (secondary N) is 2. The summed E-state index contributed by atoms with van der Waals surface area (Å²) in [4.78, 5) is 60.0. The smallest absolute Gasteiger partial charge is 0.326 e. The van der Waals surface area contributed by atoms with Crippen LogP contribution in [0.3, 0.4) is 0 Å². The van der Waals surface area contributed by atoms with E-state index in [1.165, 1.54) is 0 Å². The number of imide groups is 1. The quantitative estimate of drug-likeness (QED) is 0.0851. The van der Waals surface area contributed by atoms with E-state index >= 15 is 0 Å². The molecule has 24 heteroatoms. The molecule has 3 fully saturated rings. The third-order valence-electron chi connectivity index (χ3n) is 5.81. The molecule has 2 radical (unpaired) electrons. The summed E-state index contributed by atoms with van der Waals surface area (Å²) in [6.07, 6.45) is -14.3. The number of nitrogens with zero attached hydrogens (tertiary/aromatic N) is 1. The molecule has 3 saturated heterocycles. The molecule has 0 spiro atoms. The van der Waals surface area contributed by atoms with Crippen LogP contribution < -0.4 is 20.4 Å². The molecule has 0 bridgehead atoms. The predicted molar refractivity (Wildman–Crippen MR) is 126 cm³/mol. The summed E-state index contributed by atoms with van der Waals surface area (Å²) in [5.41, 5.74) is 0. The van der Waals surface area contributed by atoms with E-state index in [-0.39, 0.29) is 72.1 Å². The van der Waals surface area contributed by atoms with Crippen molar-refractivity contribution < 1.29 is 81.7 Å². The third kappa shape index (κ3) is 10.2. The van der Waals surface area contributed by atoms with Crippen LogP contribution in [0.15, 0.2) is 0 Å². The molecule has 7 N–H and O–H groups in total. The summed E-state index contributed by atoms with van der Waals surface area (Å²) in [6.45, 7) is -1.24. The molecule has 2 unspecified atom stereocenters. The van der Waals surface area contributed by atoms with Gasteiger partial charge in [0.25, 0.3) is 15.6 Å². The van der Waals surface area contributed by atoms with Gasteiger partial charge < -0.3 is 54.6 Å². The molecule has 3 rings (SSSR count). The number of phosphoric acid groups is 2. The number of amides is 4. The first-order valence-corrected chi connectivity index (χ1v) is 14.2. The van der Waals surface area contributed by atoms with Crippen molar-refractivity contribution in [2.24, 2.45) is 0 Å². The molecule has 0 aromatic carbocycles. The molecule has 3 aliphatic rings. The summed E-state index contributed by atoms with van der Waals surface area (Å²) in [7, 11) is -11.7. The standard InChI is InChI=1S/C17H29N3O17P2.2Na/c1-6(22)18-10-13(26)11(24)7(4-21)35-16(10)36-39(31,32)37-38(29,30)33-5-8-12(25)14(27)15(34-8)20-3-2-9(23)19-17(20)28;;/h7-8,10-16,21,24-27H,2-5H2,1H3,(H,18,22)(H,29,30)(H,31,32)(H,19,23,28);;/p-2/t7-,8-,10-,11-,12-,13-,14-,15-,16-;;/m1../s1. The number of hydrogen-bond acceptors (Lipinski definition) is 17. The summed E-state index contributed by atoms with van der Waals surface area (Å²) in [5, 5.41) is 53.8. The van der Waals surface area contributed by atoms with Gasteiger partial charge in [-0.2, -0.15) is 0 Å². The number of carbonyl (C=O) groups is 3. The van der Waals surface area contributed by atoms with Gasteiger partial charge in [0, 0.05) is 79.0 Å². The van der Waals surface area contributed by atoms with Crippen molar-refractivity contribution in [2.75, 3.05) is 19.8 Å². The fraction of sp³-hybridized carbons (Fsp3) is 0.824. The zero-order valence-corrected chi connectivity index (χ0v) is 27.8. The fourth-order valence-electron chi connectivity index (χ4n) is 3.96. The molecule has 4 amide bonds. The Hall–Kier alpha value is 0.390. The predicted octanol–water partition coefficient (Wildman–Crippen LogP) is -6.46. The van der Waals surface area contributed by atoms with Gasteiger partial charge in [0.1, 0.15) is 42.7 Å². The number of rotatable bonds is 10. The van der Waals surface area contributed by atoms with Gasteiger partial charge in [-0.15, -0.1) is 0 Å². The molecule has 20 nitrogen and oxygen atoms in total. The second-order valence-electron chi connectivity index (χ2n) is 8.65. The first-order valence-electron chi connectivity index (χ1n) is 11.2. The minimum Gasteiger partial charge on any atom is -0.756 e. The second-order valence-corrected chi connectivity index (χ2v) is 11.6. The van der Waals surface area contributed by atoms with Gasteiger partial charge in [0.2, 0.25) is 11.8 Å². The van der Waals surface area contributed by atoms with Crippen LogP contribution in [0.25, 0.3) is 0 Å². The zero-order valence-electron chi connectivity index (χ0n) is 22.0. The zero-order chi connectivity index (χ0) is 29.3. The van der Waals surface area contributed by atoms with Crippen LogP contribution in [0.1, 0.15) is 13.3 Å². The maximum absolute atomic E-state index is 12.3. The van der Waals surface area contributed by atoms with Crippen molar-refractivity contribution in [3.8, 4) is 0 Å². The average molecular weight is 653 g/mol. The molecule has 226 valence electrons. The molecular formula is C17H27N3Na2O17P2-2. The van der Waals surface area contributed by atoms with Crippen LogP contribution in [-0.4, -0.2) is 182 Å². The van der Waals surface area contributed by atoms with Crippen molar-refractivity contribution in [1.29, 1.82) is 0 Å². The van der Waals surface area contributed by atoms with Crippen LogP contribution in [0, 0.1) is 0 Å². The van der Waals surface area contributed by atoms with E-state index in [0.717, 1.165) is 11.8 Å². The fourth-order valence-corrected chi connectivity index (χ4v) is 6.05. The average Bonchev–Trinajstić information content (AvgIpc) is 3.10. The molecule has 0 aliphatic carbocycles. The topological polar surface area (TPSA) is 306 Å². The molecule has 3 heterocycles. The van der Waals surface area contributed by atoms with Crippen LogP contribution in [0.4, 0.5) is 4.79 Å². The van der Waals surface area contributed by atoms with Crippen molar-refractivity contribution >= 4 is 92.6 Å².